The standard InChI is InChI=1S/C11H16O6/c1-3-10(14)17-8(2)5-4-6-16-11(15)7-9(12)13/h3,8H,1,4-7H2,2H3,(H,12,13). The maximum atomic E-state index is 10.8. The molecule has 96 valence electrons. The lowest BCUT2D eigenvalue weighted by Crippen LogP contribution is -2.15. The molecule has 0 aliphatic carbocycles. The van der Waals surface area contributed by atoms with Gasteiger partial charge in [-0.2, -0.15) is 0 Å². The maximum absolute atomic E-state index is 10.8. The lowest BCUT2D eigenvalue weighted by atomic mass is 10.2. The number of esters is 2. The second-order valence-electron chi connectivity index (χ2n) is 3.38. The highest BCUT2D eigenvalue weighted by Crippen LogP contribution is 2.03. The Bertz CT molecular complexity index is 296. The Hall–Kier alpha value is -1.85. The summed E-state index contributed by atoms with van der Waals surface area (Å²) in [6.45, 7) is 5.08. The van der Waals surface area contributed by atoms with Gasteiger partial charge < -0.3 is 14.6 Å². The molecular weight excluding hydrogens is 228 g/mol. The number of ether oxygens (including phenoxy) is 2. The normalized spacial score (nSPS) is 11.4. The number of hydrogen-bond donors (Lipinski definition) is 1. The summed E-state index contributed by atoms with van der Waals surface area (Å²) in [5.41, 5.74) is 0. The Morgan fingerprint density at radius 1 is 1.41 bits per heavy atom. The van der Waals surface area contributed by atoms with Crippen molar-refractivity contribution in [3.63, 3.8) is 0 Å². The van der Waals surface area contributed by atoms with Crippen LogP contribution in [0.15, 0.2) is 12.7 Å². The second kappa shape index (κ2) is 8.32. The van der Waals surface area contributed by atoms with Gasteiger partial charge in [-0.1, -0.05) is 6.58 Å². The fraction of sp³-hybridized carbons (Fsp3) is 0.545. The van der Waals surface area contributed by atoms with Crippen LogP contribution in [0.2, 0.25) is 0 Å². The summed E-state index contributed by atoms with van der Waals surface area (Å²) in [6, 6.07) is 0. The third-order valence-electron chi connectivity index (χ3n) is 1.80. The molecule has 17 heavy (non-hydrogen) atoms. The predicted octanol–water partition coefficient (Wildman–Crippen LogP) is 0.902. The average molecular weight is 244 g/mol. The van der Waals surface area contributed by atoms with Crippen LogP contribution in [-0.4, -0.2) is 35.7 Å². The molecule has 6 nitrogen and oxygen atoms in total. The summed E-state index contributed by atoms with van der Waals surface area (Å²) in [6.07, 6.45) is 1.17. The molecule has 0 rings (SSSR count). The van der Waals surface area contributed by atoms with E-state index in [1.165, 1.54) is 0 Å². The number of hydrogen-bond acceptors (Lipinski definition) is 5. The molecule has 6 heteroatoms. The number of carboxylic acids is 1. The third kappa shape index (κ3) is 9.10. The van der Waals surface area contributed by atoms with Crippen molar-refractivity contribution >= 4 is 17.9 Å². The van der Waals surface area contributed by atoms with E-state index < -0.39 is 24.3 Å². The SMILES string of the molecule is C=CC(=O)OC(C)CCCOC(=O)CC(=O)O. The Morgan fingerprint density at radius 2 is 2.06 bits per heavy atom. The lowest BCUT2D eigenvalue weighted by molar-refractivity contribution is -0.152. The summed E-state index contributed by atoms with van der Waals surface area (Å²) in [7, 11) is 0. The molecule has 0 spiro atoms. The summed E-state index contributed by atoms with van der Waals surface area (Å²) < 4.78 is 9.53. The number of aliphatic carboxylic acids is 1. The van der Waals surface area contributed by atoms with Crippen molar-refractivity contribution in [2.24, 2.45) is 0 Å². The minimum Gasteiger partial charge on any atom is -0.481 e. The summed E-state index contributed by atoms with van der Waals surface area (Å²) in [5, 5.41) is 8.29. The van der Waals surface area contributed by atoms with Gasteiger partial charge in [0.05, 0.1) is 12.7 Å². The van der Waals surface area contributed by atoms with E-state index in [0.29, 0.717) is 12.8 Å². The Morgan fingerprint density at radius 3 is 2.59 bits per heavy atom. The molecule has 0 saturated carbocycles. The first-order valence-electron chi connectivity index (χ1n) is 5.16. The fourth-order valence-corrected chi connectivity index (χ4v) is 1.04. The Labute approximate surface area is 99.2 Å². The van der Waals surface area contributed by atoms with E-state index in [1.807, 2.05) is 0 Å². The Kier molecular flexibility index (Phi) is 7.41. The molecule has 0 radical (unpaired) electrons. The van der Waals surface area contributed by atoms with Crippen LogP contribution in [-0.2, 0) is 23.9 Å². The van der Waals surface area contributed by atoms with E-state index >= 15 is 0 Å². The van der Waals surface area contributed by atoms with Gasteiger partial charge in [0, 0.05) is 6.08 Å². The number of carbonyl (C=O) groups is 3. The smallest absolute Gasteiger partial charge is 0.330 e. The molecular formula is C11H16O6. The van der Waals surface area contributed by atoms with E-state index in [4.69, 9.17) is 9.84 Å². The van der Waals surface area contributed by atoms with Crippen LogP contribution in [0.3, 0.4) is 0 Å². The average Bonchev–Trinajstić information content (AvgIpc) is 2.23. The molecule has 1 N–H and O–H groups in total. The van der Waals surface area contributed by atoms with E-state index in [2.05, 4.69) is 11.3 Å². The van der Waals surface area contributed by atoms with E-state index in [9.17, 15) is 14.4 Å². The van der Waals surface area contributed by atoms with Crippen LogP contribution in [0.4, 0.5) is 0 Å². The molecule has 0 heterocycles. The van der Waals surface area contributed by atoms with E-state index in [1.54, 1.807) is 6.92 Å². The highest BCUT2D eigenvalue weighted by atomic mass is 16.5. The molecule has 0 aliphatic heterocycles. The number of carboxylic acid groups (broad SMARTS) is 1. The molecule has 0 aromatic heterocycles. The highest BCUT2D eigenvalue weighted by Gasteiger charge is 2.10. The van der Waals surface area contributed by atoms with Gasteiger partial charge in [0.2, 0.25) is 0 Å². The molecule has 1 atom stereocenters. The van der Waals surface area contributed by atoms with Crippen LogP contribution in [0.5, 0.6) is 0 Å². The molecule has 0 bridgehead atoms. The quantitative estimate of drug-likeness (QED) is 0.295. The molecule has 0 amide bonds. The molecule has 0 fully saturated rings. The van der Waals surface area contributed by atoms with Crippen LogP contribution >= 0.6 is 0 Å². The van der Waals surface area contributed by atoms with Gasteiger partial charge in [-0.3, -0.25) is 9.59 Å². The fourth-order valence-electron chi connectivity index (χ4n) is 1.04. The summed E-state index contributed by atoms with van der Waals surface area (Å²) in [4.78, 5) is 31.8. The lowest BCUT2D eigenvalue weighted by Gasteiger charge is -2.11. The van der Waals surface area contributed by atoms with Crippen molar-refractivity contribution in [3.05, 3.63) is 12.7 Å². The van der Waals surface area contributed by atoms with Crippen molar-refractivity contribution in [2.45, 2.75) is 32.3 Å². The largest absolute Gasteiger partial charge is 0.481 e. The minimum atomic E-state index is -1.22. The monoisotopic (exact) mass is 244 g/mol. The van der Waals surface area contributed by atoms with Crippen molar-refractivity contribution < 1.29 is 29.0 Å². The topological polar surface area (TPSA) is 89.9 Å². The first-order chi connectivity index (χ1) is 7.95. The highest BCUT2D eigenvalue weighted by molar-refractivity contribution is 5.90. The first kappa shape index (κ1) is 15.2. The molecule has 1 unspecified atom stereocenters. The van der Waals surface area contributed by atoms with Crippen LogP contribution < -0.4 is 0 Å². The molecule has 0 saturated heterocycles. The van der Waals surface area contributed by atoms with Crippen LogP contribution in [0.25, 0.3) is 0 Å². The second-order valence-corrected chi connectivity index (χ2v) is 3.38. The van der Waals surface area contributed by atoms with Crippen LogP contribution in [0, 0.1) is 0 Å². The zero-order valence-electron chi connectivity index (χ0n) is 9.68. The van der Waals surface area contributed by atoms with Gasteiger partial charge in [-0.05, 0) is 19.8 Å². The minimum absolute atomic E-state index is 0.113. The van der Waals surface area contributed by atoms with Crippen LogP contribution in [0.1, 0.15) is 26.2 Å². The van der Waals surface area contributed by atoms with Crippen molar-refractivity contribution in [2.75, 3.05) is 6.61 Å². The zero-order chi connectivity index (χ0) is 13.3. The van der Waals surface area contributed by atoms with E-state index in [-0.39, 0.29) is 12.7 Å². The third-order valence-corrected chi connectivity index (χ3v) is 1.80. The number of rotatable bonds is 8. The van der Waals surface area contributed by atoms with Gasteiger partial charge in [-0.15, -0.1) is 0 Å². The van der Waals surface area contributed by atoms with Gasteiger partial charge in [0.25, 0.3) is 0 Å². The molecule has 0 aliphatic rings. The van der Waals surface area contributed by atoms with Gasteiger partial charge in [0.15, 0.2) is 0 Å². The maximum Gasteiger partial charge on any atom is 0.330 e. The van der Waals surface area contributed by atoms with Gasteiger partial charge >= 0.3 is 17.9 Å². The predicted molar refractivity (Wildman–Crippen MR) is 58.2 cm³/mol. The number of carbonyl (C=O) groups excluding carboxylic acids is 2. The van der Waals surface area contributed by atoms with Crippen molar-refractivity contribution in [1.29, 1.82) is 0 Å². The van der Waals surface area contributed by atoms with Gasteiger partial charge in [0.1, 0.15) is 6.42 Å². The summed E-state index contributed by atoms with van der Waals surface area (Å²) >= 11 is 0. The van der Waals surface area contributed by atoms with Crippen molar-refractivity contribution in [3.8, 4) is 0 Å². The molecule has 0 aromatic rings. The van der Waals surface area contributed by atoms with Gasteiger partial charge in [-0.25, -0.2) is 4.79 Å². The molecule has 0 aromatic carbocycles. The zero-order valence-corrected chi connectivity index (χ0v) is 9.68. The van der Waals surface area contributed by atoms with Crippen molar-refractivity contribution in [1.82, 2.24) is 0 Å². The first-order valence-corrected chi connectivity index (χ1v) is 5.16. The Balaban J connectivity index is 3.57. The summed E-state index contributed by atoms with van der Waals surface area (Å²) in [5.74, 6) is -2.49. The van der Waals surface area contributed by atoms with E-state index in [0.717, 1.165) is 6.08 Å².